The summed E-state index contributed by atoms with van der Waals surface area (Å²) in [6, 6.07) is 9.07. The first-order chi connectivity index (χ1) is 8.25. The van der Waals surface area contributed by atoms with Crippen molar-refractivity contribution in [1.82, 2.24) is 4.90 Å². The first-order valence-corrected chi connectivity index (χ1v) is 6.40. The van der Waals surface area contributed by atoms with Gasteiger partial charge < -0.3 is 10.2 Å². The van der Waals surface area contributed by atoms with Crippen molar-refractivity contribution in [2.24, 2.45) is 0 Å². The monoisotopic (exact) mass is 230 g/mol. The molecule has 1 amide bonds. The highest BCUT2D eigenvalue weighted by Gasteiger charge is 2.33. The summed E-state index contributed by atoms with van der Waals surface area (Å²) < 4.78 is 0. The summed E-state index contributed by atoms with van der Waals surface area (Å²) in [6.45, 7) is 3.11. The molecule has 1 aromatic carbocycles. The van der Waals surface area contributed by atoms with E-state index in [2.05, 4.69) is 35.3 Å². The van der Waals surface area contributed by atoms with Crippen LogP contribution in [0.2, 0.25) is 0 Å². The Balaban J connectivity index is 1.97. The van der Waals surface area contributed by atoms with Crippen LogP contribution in [0, 0.1) is 0 Å². The number of amides is 1. The minimum Gasteiger partial charge on any atom is -0.382 e. The van der Waals surface area contributed by atoms with Gasteiger partial charge in [0.1, 0.15) is 0 Å². The summed E-state index contributed by atoms with van der Waals surface area (Å²) in [5, 5.41) is 3.49. The molecule has 1 aromatic rings. The fraction of sp³-hybridized carbons (Fsp3) is 0.500. The smallest absolute Gasteiger partial charge is 0.223 e. The van der Waals surface area contributed by atoms with Crippen molar-refractivity contribution in [2.75, 3.05) is 11.9 Å². The van der Waals surface area contributed by atoms with Gasteiger partial charge in [-0.05, 0) is 31.4 Å². The Labute approximate surface area is 102 Å². The predicted molar refractivity (Wildman–Crippen MR) is 67.8 cm³/mol. The van der Waals surface area contributed by atoms with Crippen molar-refractivity contribution >= 4 is 11.6 Å². The van der Waals surface area contributed by atoms with Gasteiger partial charge in [0.05, 0.1) is 6.04 Å². The molecule has 0 bridgehead atoms. The molecule has 0 aromatic heterocycles. The molecule has 3 rings (SSSR count). The molecule has 90 valence electrons. The van der Waals surface area contributed by atoms with Crippen LogP contribution in [-0.2, 0) is 4.79 Å². The van der Waals surface area contributed by atoms with Crippen LogP contribution in [0.5, 0.6) is 0 Å². The fourth-order valence-electron chi connectivity index (χ4n) is 3.00. The molecule has 1 saturated heterocycles. The quantitative estimate of drug-likeness (QED) is 0.804. The van der Waals surface area contributed by atoms with Gasteiger partial charge in [-0.15, -0.1) is 0 Å². The Morgan fingerprint density at radius 1 is 1.35 bits per heavy atom. The van der Waals surface area contributed by atoms with Crippen LogP contribution < -0.4 is 5.32 Å². The van der Waals surface area contributed by atoms with E-state index < -0.39 is 0 Å². The standard InChI is InChI=1S/C14H18N2O/c1-10-9-13(16-8-4-7-14(16)17)11-5-2-3-6-12(11)15-10/h2-3,5-6,10,13,15H,4,7-9H2,1H3. The zero-order chi connectivity index (χ0) is 11.8. The number of rotatable bonds is 1. The number of anilines is 1. The van der Waals surface area contributed by atoms with Gasteiger partial charge in [-0.25, -0.2) is 0 Å². The van der Waals surface area contributed by atoms with Crippen molar-refractivity contribution in [3.8, 4) is 0 Å². The van der Waals surface area contributed by atoms with E-state index in [1.165, 1.54) is 11.3 Å². The molecule has 0 radical (unpaired) electrons. The van der Waals surface area contributed by atoms with Crippen molar-refractivity contribution in [2.45, 2.75) is 38.3 Å². The van der Waals surface area contributed by atoms with Crippen LogP contribution in [0.3, 0.4) is 0 Å². The van der Waals surface area contributed by atoms with Crippen LogP contribution in [-0.4, -0.2) is 23.4 Å². The minimum absolute atomic E-state index is 0.275. The molecule has 1 fully saturated rings. The van der Waals surface area contributed by atoms with E-state index in [1.54, 1.807) is 0 Å². The molecule has 1 N–H and O–H groups in total. The van der Waals surface area contributed by atoms with Crippen LogP contribution in [0.15, 0.2) is 24.3 Å². The molecular formula is C14H18N2O. The molecule has 0 aliphatic carbocycles. The molecule has 2 unspecified atom stereocenters. The van der Waals surface area contributed by atoms with E-state index >= 15 is 0 Å². The Morgan fingerprint density at radius 2 is 2.18 bits per heavy atom. The summed E-state index contributed by atoms with van der Waals surface area (Å²) in [6.07, 6.45) is 2.75. The number of fused-ring (bicyclic) bond motifs is 1. The Morgan fingerprint density at radius 3 is 2.94 bits per heavy atom. The number of para-hydroxylation sites is 1. The van der Waals surface area contributed by atoms with Gasteiger partial charge in [0.2, 0.25) is 5.91 Å². The number of nitrogens with one attached hydrogen (secondary N) is 1. The zero-order valence-corrected chi connectivity index (χ0v) is 10.1. The molecular weight excluding hydrogens is 212 g/mol. The summed E-state index contributed by atoms with van der Waals surface area (Å²) >= 11 is 0. The fourth-order valence-corrected chi connectivity index (χ4v) is 3.00. The summed E-state index contributed by atoms with van der Waals surface area (Å²) in [7, 11) is 0. The van der Waals surface area contributed by atoms with Gasteiger partial charge in [-0.3, -0.25) is 4.79 Å². The maximum Gasteiger partial charge on any atom is 0.223 e. The van der Waals surface area contributed by atoms with Gasteiger partial charge in [-0.2, -0.15) is 0 Å². The predicted octanol–water partition coefficient (Wildman–Crippen LogP) is 2.55. The molecule has 0 spiro atoms. The Hall–Kier alpha value is -1.51. The highest BCUT2D eigenvalue weighted by molar-refractivity contribution is 5.79. The van der Waals surface area contributed by atoms with E-state index in [0.29, 0.717) is 11.9 Å². The van der Waals surface area contributed by atoms with Crippen LogP contribution >= 0.6 is 0 Å². The van der Waals surface area contributed by atoms with Crippen LogP contribution in [0.4, 0.5) is 5.69 Å². The van der Waals surface area contributed by atoms with Crippen molar-refractivity contribution < 1.29 is 4.79 Å². The second-order valence-corrected chi connectivity index (χ2v) is 5.07. The van der Waals surface area contributed by atoms with Gasteiger partial charge in [0.25, 0.3) is 0 Å². The zero-order valence-electron chi connectivity index (χ0n) is 10.1. The lowest BCUT2D eigenvalue weighted by Gasteiger charge is -2.36. The highest BCUT2D eigenvalue weighted by Crippen LogP contribution is 2.38. The number of carbonyl (C=O) groups excluding carboxylic acids is 1. The maximum absolute atomic E-state index is 11.9. The minimum atomic E-state index is 0.275. The Bertz CT molecular complexity index is 444. The first kappa shape index (κ1) is 10.6. The van der Waals surface area contributed by atoms with Crippen LogP contribution in [0.1, 0.15) is 37.8 Å². The number of benzene rings is 1. The number of hydrogen-bond acceptors (Lipinski definition) is 2. The third-order valence-electron chi connectivity index (χ3n) is 3.78. The number of likely N-dealkylation sites (tertiary alicyclic amines) is 1. The second-order valence-electron chi connectivity index (χ2n) is 5.07. The molecule has 2 heterocycles. The Kier molecular flexibility index (Phi) is 2.54. The van der Waals surface area contributed by atoms with Gasteiger partial charge in [-0.1, -0.05) is 18.2 Å². The molecule has 2 aliphatic rings. The molecule has 2 atom stereocenters. The molecule has 0 saturated carbocycles. The molecule has 3 nitrogen and oxygen atoms in total. The largest absolute Gasteiger partial charge is 0.382 e. The van der Waals surface area contributed by atoms with Crippen molar-refractivity contribution in [3.63, 3.8) is 0 Å². The lowest BCUT2D eigenvalue weighted by molar-refractivity contribution is -0.130. The summed E-state index contributed by atoms with van der Waals surface area (Å²) in [4.78, 5) is 14.0. The van der Waals surface area contributed by atoms with E-state index in [-0.39, 0.29) is 6.04 Å². The van der Waals surface area contributed by atoms with E-state index in [1.807, 2.05) is 6.07 Å². The van der Waals surface area contributed by atoms with Gasteiger partial charge >= 0.3 is 0 Å². The number of hydrogen-bond donors (Lipinski definition) is 1. The molecule has 17 heavy (non-hydrogen) atoms. The average Bonchev–Trinajstić information content (AvgIpc) is 2.74. The molecule has 3 heteroatoms. The molecule has 2 aliphatic heterocycles. The summed E-state index contributed by atoms with van der Waals surface area (Å²) in [5.74, 6) is 0.318. The van der Waals surface area contributed by atoms with Crippen molar-refractivity contribution in [3.05, 3.63) is 29.8 Å². The lowest BCUT2D eigenvalue weighted by Crippen LogP contribution is -2.37. The average molecular weight is 230 g/mol. The van der Waals surface area contributed by atoms with Crippen LogP contribution in [0.25, 0.3) is 0 Å². The summed E-state index contributed by atoms with van der Waals surface area (Å²) in [5.41, 5.74) is 2.47. The third-order valence-corrected chi connectivity index (χ3v) is 3.78. The maximum atomic E-state index is 11.9. The normalized spacial score (nSPS) is 27.8. The number of carbonyl (C=O) groups is 1. The highest BCUT2D eigenvalue weighted by atomic mass is 16.2. The van der Waals surface area contributed by atoms with Crippen molar-refractivity contribution in [1.29, 1.82) is 0 Å². The third kappa shape index (κ3) is 1.79. The second kappa shape index (κ2) is 4.06. The van der Waals surface area contributed by atoms with Gasteiger partial charge in [0, 0.05) is 24.7 Å². The van der Waals surface area contributed by atoms with E-state index in [4.69, 9.17) is 0 Å². The first-order valence-electron chi connectivity index (χ1n) is 6.40. The van der Waals surface area contributed by atoms with E-state index in [0.717, 1.165) is 25.8 Å². The van der Waals surface area contributed by atoms with Gasteiger partial charge in [0.15, 0.2) is 0 Å². The lowest BCUT2D eigenvalue weighted by atomic mass is 9.92. The number of nitrogens with zero attached hydrogens (tertiary/aromatic N) is 1. The topological polar surface area (TPSA) is 32.3 Å². The van der Waals surface area contributed by atoms with E-state index in [9.17, 15) is 4.79 Å². The SMILES string of the molecule is CC1CC(N2CCCC2=O)c2ccccc2N1.